The molecular weight excluding hydrogens is 985 g/mol. The van der Waals surface area contributed by atoms with Gasteiger partial charge < -0.3 is 79.6 Å². The van der Waals surface area contributed by atoms with Crippen LogP contribution in [0.4, 0.5) is 0 Å². The van der Waals surface area contributed by atoms with Gasteiger partial charge >= 0.3 is 11.9 Å². The molecule has 0 bridgehead atoms. The Morgan fingerprint density at radius 3 is 1.52 bits per heavy atom. The van der Waals surface area contributed by atoms with Crippen LogP contribution >= 0.6 is 0 Å². The number of rotatable bonds is 31. The minimum Gasteiger partial charge on any atom is -0.481 e. The van der Waals surface area contributed by atoms with E-state index in [2.05, 4.69) is 52.8 Å². The predicted octanol–water partition coefficient (Wildman–Crippen LogP) is -3.51. The van der Waals surface area contributed by atoms with Crippen molar-refractivity contribution >= 4 is 81.9 Å². The first-order valence-corrected chi connectivity index (χ1v) is 24.3. The Morgan fingerprint density at radius 2 is 1.00 bits per heavy atom. The average Bonchev–Trinajstić information content (AvgIpc) is 3.73. The molecule has 0 saturated heterocycles. The summed E-state index contributed by atoms with van der Waals surface area (Å²) < 4.78 is 0. The molecule has 416 valence electrons. The molecule has 1 heterocycles. The van der Waals surface area contributed by atoms with Crippen molar-refractivity contribution in [1.29, 1.82) is 0 Å². The van der Waals surface area contributed by atoms with Crippen LogP contribution in [0.5, 0.6) is 0 Å². The maximum Gasteiger partial charge on any atom is 0.322 e. The number of carbonyl (C=O) groups excluding carboxylic acids is 10. The SMILES string of the molecule is CC(C)C[C@H](NC(=O)[C@@H](NC(=O)[C@H](CC(N)=O)NC(=O)[C@H](Cc1c[nH]c2ccccc12)NC(=O)[C@H](CO)NC(=O)[C@H](CC(=O)O)NC(=O)[C@@H](N)C(C)C)C(C)C)C(=O)N[C@H](C(=O)N[C@@H](C)C(=O)NCC(=O)O)C(C)C. The summed E-state index contributed by atoms with van der Waals surface area (Å²) in [6.07, 6.45) is -0.497. The number of amides is 10. The Morgan fingerprint density at radius 1 is 0.533 bits per heavy atom. The molecule has 0 fully saturated rings. The highest BCUT2D eigenvalue weighted by Crippen LogP contribution is 2.20. The Hall–Kier alpha value is -7.68. The molecule has 10 amide bonds. The zero-order valence-corrected chi connectivity index (χ0v) is 43.5. The van der Waals surface area contributed by atoms with Gasteiger partial charge in [0.2, 0.25) is 59.1 Å². The molecule has 75 heavy (non-hydrogen) atoms. The van der Waals surface area contributed by atoms with E-state index in [0.717, 1.165) is 0 Å². The number of aliphatic hydroxyl groups excluding tert-OH is 1. The fourth-order valence-corrected chi connectivity index (χ4v) is 7.33. The first-order valence-electron chi connectivity index (χ1n) is 24.3. The number of carboxylic acids is 2. The molecule has 1 aromatic heterocycles. The summed E-state index contributed by atoms with van der Waals surface area (Å²) in [5.41, 5.74) is 12.5. The maximum absolute atomic E-state index is 14.3. The van der Waals surface area contributed by atoms with E-state index in [-0.39, 0.29) is 18.8 Å². The summed E-state index contributed by atoms with van der Waals surface area (Å²) in [7, 11) is 0. The van der Waals surface area contributed by atoms with Gasteiger partial charge in [0.05, 0.1) is 25.5 Å². The molecule has 27 heteroatoms. The average molecular weight is 1060 g/mol. The van der Waals surface area contributed by atoms with E-state index in [1.807, 2.05) is 0 Å². The lowest BCUT2D eigenvalue weighted by Gasteiger charge is -2.30. The first kappa shape index (κ1) is 63.4. The van der Waals surface area contributed by atoms with Crippen LogP contribution in [0.15, 0.2) is 30.5 Å². The molecule has 0 aliphatic carbocycles. The number of aromatic amines is 1. The van der Waals surface area contributed by atoms with Crippen LogP contribution in [-0.4, -0.2) is 159 Å². The van der Waals surface area contributed by atoms with E-state index in [1.165, 1.54) is 6.92 Å². The third-order valence-corrected chi connectivity index (χ3v) is 11.6. The minimum absolute atomic E-state index is 0.0357. The Balaban J connectivity index is 2.44. The second-order valence-electron chi connectivity index (χ2n) is 19.5. The number of carbonyl (C=O) groups is 12. The van der Waals surface area contributed by atoms with Gasteiger partial charge in [-0.25, -0.2) is 0 Å². The van der Waals surface area contributed by atoms with Crippen LogP contribution in [0.1, 0.15) is 87.1 Å². The van der Waals surface area contributed by atoms with E-state index in [4.69, 9.17) is 16.6 Å². The zero-order chi connectivity index (χ0) is 57.0. The number of primary amides is 1. The number of nitrogens with one attached hydrogen (secondary N) is 10. The van der Waals surface area contributed by atoms with Crippen molar-refractivity contribution in [2.75, 3.05) is 13.2 Å². The molecular formula is C48H74N12O15. The molecule has 0 saturated carbocycles. The number of hydrogen-bond acceptors (Lipinski definition) is 14. The van der Waals surface area contributed by atoms with Gasteiger partial charge in [0.25, 0.3) is 0 Å². The number of nitrogens with two attached hydrogens (primary N) is 2. The molecule has 0 aliphatic heterocycles. The summed E-state index contributed by atoms with van der Waals surface area (Å²) in [4.78, 5) is 160. The van der Waals surface area contributed by atoms with Crippen LogP contribution in [0.2, 0.25) is 0 Å². The van der Waals surface area contributed by atoms with Crippen molar-refractivity contribution in [3.05, 3.63) is 36.0 Å². The van der Waals surface area contributed by atoms with Crippen LogP contribution in [0.25, 0.3) is 10.9 Å². The molecule has 2 aromatic rings. The van der Waals surface area contributed by atoms with Crippen molar-refractivity contribution in [3.8, 4) is 0 Å². The molecule has 9 atom stereocenters. The smallest absolute Gasteiger partial charge is 0.322 e. The highest BCUT2D eigenvalue weighted by atomic mass is 16.4. The van der Waals surface area contributed by atoms with Crippen LogP contribution in [0.3, 0.4) is 0 Å². The Labute approximate surface area is 433 Å². The number of H-pyrrole nitrogens is 1. The molecule has 17 N–H and O–H groups in total. The van der Waals surface area contributed by atoms with Gasteiger partial charge in [-0.15, -0.1) is 0 Å². The molecule has 0 spiro atoms. The van der Waals surface area contributed by atoms with Gasteiger partial charge in [0.15, 0.2) is 0 Å². The number of aromatic nitrogens is 1. The molecule has 1 aromatic carbocycles. The van der Waals surface area contributed by atoms with Crippen LogP contribution in [-0.2, 0) is 64.0 Å². The van der Waals surface area contributed by atoms with Crippen LogP contribution < -0.4 is 59.3 Å². The number of benzene rings is 1. The fraction of sp³-hybridized carbons (Fsp3) is 0.583. The van der Waals surface area contributed by atoms with Crippen molar-refractivity contribution < 1.29 is 72.9 Å². The van der Waals surface area contributed by atoms with Gasteiger partial charge in [-0.2, -0.15) is 0 Å². The molecule has 0 radical (unpaired) electrons. The van der Waals surface area contributed by atoms with Gasteiger partial charge in [0, 0.05) is 23.5 Å². The summed E-state index contributed by atoms with van der Waals surface area (Å²) in [6.45, 7) is 12.6. The molecule has 0 unspecified atom stereocenters. The first-order chi connectivity index (χ1) is 35.0. The van der Waals surface area contributed by atoms with Crippen molar-refractivity contribution in [2.24, 2.45) is 35.1 Å². The number of carboxylic acid groups (broad SMARTS) is 2. The lowest BCUT2D eigenvalue weighted by atomic mass is 9.98. The lowest BCUT2D eigenvalue weighted by Crippen LogP contribution is -2.62. The van der Waals surface area contributed by atoms with Gasteiger partial charge in [0.1, 0.15) is 54.9 Å². The third-order valence-electron chi connectivity index (χ3n) is 11.6. The molecule has 2 rings (SSSR count). The zero-order valence-electron chi connectivity index (χ0n) is 43.5. The maximum atomic E-state index is 14.3. The summed E-state index contributed by atoms with van der Waals surface area (Å²) in [5, 5.41) is 50.8. The van der Waals surface area contributed by atoms with Crippen molar-refractivity contribution in [2.45, 2.75) is 142 Å². The van der Waals surface area contributed by atoms with Crippen molar-refractivity contribution in [1.82, 2.24) is 52.8 Å². The minimum atomic E-state index is -1.85. The summed E-state index contributed by atoms with van der Waals surface area (Å²) >= 11 is 0. The van der Waals surface area contributed by atoms with E-state index < -0.39 is 169 Å². The lowest BCUT2D eigenvalue weighted by molar-refractivity contribution is -0.141. The normalized spacial score (nSPS) is 14.9. The largest absolute Gasteiger partial charge is 0.481 e. The van der Waals surface area contributed by atoms with Gasteiger partial charge in [-0.05, 0) is 48.6 Å². The predicted molar refractivity (Wildman–Crippen MR) is 269 cm³/mol. The monoisotopic (exact) mass is 1060 g/mol. The van der Waals surface area contributed by atoms with Crippen LogP contribution in [0, 0.1) is 23.7 Å². The van der Waals surface area contributed by atoms with E-state index >= 15 is 0 Å². The number of para-hydroxylation sites is 1. The topological polar surface area (TPSA) is 442 Å². The highest BCUT2D eigenvalue weighted by molar-refractivity contribution is 6.00. The van der Waals surface area contributed by atoms with E-state index in [1.54, 1.807) is 85.9 Å². The van der Waals surface area contributed by atoms with Crippen molar-refractivity contribution in [3.63, 3.8) is 0 Å². The highest BCUT2D eigenvalue weighted by Gasteiger charge is 2.37. The van der Waals surface area contributed by atoms with E-state index in [9.17, 15) is 67.7 Å². The Kier molecular flexibility index (Phi) is 25.3. The summed E-state index contributed by atoms with van der Waals surface area (Å²) in [5.74, 6) is -14.4. The number of aliphatic carboxylic acids is 2. The second-order valence-corrected chi connectivity index (χ2v) is 19.5. The molecule has 0 aliphatic rings. The summed E-state index contributed by atoms with van der Waals surface area (Å²) in [6, 6.07) is -6.44. The third kappa shape index (κ3) is 20.6. The molecule has 27 nitrogen and oxygen atoms in total. The van der Waals surface area contributed by atoms with Gasteiger partial charge in [-0.3, -0.25) is 57.5 Å². The number of fused-ring (bicyclic) bond motifs is 1. The quantitative estimate of drug-likeness (QED) is 0.0348. The standard InChI is InChI=1S/C48H74N12O15/c1-21(2)14-29(43(70)59-38(23(5)6)47(74)53-25(9)40(67)52-19-36(65)66)57-48(75)39(24(7)8)60-44(71)31(16-34(49)62)55-41(68)30(15-26-18-51-28-13-11-10-12-27(26)28)54-45(72)33(20-61)58-42(69)32(17-35(63)64)56-46(73)37(50)22(3)4/h10-13,18,21-25,29-33,37-39,51,61H,14-17,19-20,50H2,1-9H3,(H2,49,62)(H,52,67)(H,53,74)(H,54,72)(H,55,68)(H,56,73)(H,57,75)(H,58,69)(H,59,70)(H,60,71)(H,63,64)(H,65,66)/t25-,29-,30-,31-,32-,33-,37-,38-,39-/m0/s1. The number of hydrogen-bond donors (Lipinski definition) is 15. The Bertz CT molecular complexity index is 2390. The number of aliphatic hydroxyl groups is 1. The fourth-order valence-electron chi connectivity index (χ4n) is 7.33. The second kappa shape index (κ2) is 29.9. The van der Waals surface area contributed by atoms with Gasteiger partial charge in [-0.1, -0.05) is 73.6 Å². The van der Waals surface area contributed by atoms with E-state index in [0.29, 0.717) is 16.5 Å².